The van der Waals surface area contributed by atoms with Gasteiger partial charge in [-0.2, -0.15) is 0 Å². The molecule has 3 aromatic rings. The van der Waals surface area contributed by atoms with Gasteiger partial charge in [-0.05, 0) is 31.9 Å². The minimum absolute atomic E-state index is 0.354. The van der Waals surface area contributed by atoms with Crippen molar-refractivity contribution in [2.45, 2.75) is 32.9 Å². The van der Waals surface area contributed by atoms with Crippen LogP contribution in [0.1, 0.15) is 19.4 Å². The number of fused-ring (bicyclic) bond motifs is 2. The van der Waals surface area contributed by atoms with Crippen molar-refractivity contribution in [2.24, 2.45) is 0 Å². The first-order valence-electron chi connectivity index (χ1n) is 7.21. The summed E-state index contributed by atoms with van der Waals surface area (Å²) in [5, 5.41) is 8.45. The summed E-state index contributed by atoms with van der Waals surface area (Å²) in [4.78, 5) is 11.1. The van der Waals surface area contributed by atoms with Gasteiger partial charge in [0.25, 0.3) is 0 Å². The van der Waals surface area contributed by atoms with E-state index in [1.165, 1.54) is 11.3 Å². The molecule has 0 saturated heterocycles. The number of hydrogen-bond acceptors (Lipinski definition) is 5. The maximum Gasteiger partial charge on any atom is 0.183 e. The lowest BCUT2D eigenvalue weighted by atomic mass is 10.1. The van der Waals surface area contributed by atoms with Crippen molar-refractivity contribution in [1.82, 2.24) is 25.0 Å². The molecule has 0 radical (unpaired) electrons. The fourth-order valence-corrected chi connectivity index (χ4v) is 3.06. The second-order valence-corrected chi connectivity index (χ2v) is 5.33. The third-order valence-electron chi connectivity index (χ3n) is 4.02. The van der Waals surface area contributed by atoms with Crippen molar-refractivity contribution < 1.29 is 0 Å². The van der Waals surface area contributed by atoms with Crippen molar-refractivity contribution in [3.05, 3.63) is 36.2 Å². The van der Waals surface area contributed by atoms with Gasteiger partial charge in [-0.1, -0.05) is 23.4 Å². The first-order valence-corrected chi connectivity index (χ1v) is 7.21. The highest BCUT2D eigenvalue weighted by Gasteiger charge is 2.30. The van der Waals surface area contributed by atoms with Gasteiger partial charge in [-0.15, -0.1) is 5.10 Å². The van der Waals surface area contributed by atoms with Gasteiger partial charge in [-0.3, -0.25) is 0 Å². The molecule has 1 aliphatic heterocycles. The van der Waals surface area contributed by atoms with Crippen LogP contribution in [0.5, 0.6) is 0 Å². The second-order valence-electron chi connectivity index (χ2n) is 5.33. The maximum absolute atomic E-state index is 4.48. The van der Waals surface area contributed by atoms with E-state index in [1.807, 2.05) is 6.92 Å². The average Bonchev–Trinajstić information content (AvgIpc) is 3.06. The first kappa shape index (κ1) is 12.3. The third kappa shape index (κ3) is 1.72. The van der Waals surface area contributed by atoms with E-state index in [-0.39, 0.29) is 0 Å². The van der Waals surface area contributed by atoms with Crippen LogP contribution < -0.4 is 4.90 Å². The number of para-hydroxylation sites is 1. The van der Waals surface area contributed by atoms with E-state index in [4.69, 9.17) is 0 Å². The van der Waals surface area contributed by atoms with Gasteiger partial charge in [0, 0.05) is 18.3 Å². The highest BCUT2D eigenvalue weighted by Crippen LogP contribution is 2.38. The Morgan fingerprint density at radius 3 is 2.95 bits per heavy atom. The Hall–Kier alpha value is -2.50. The van der Waals surface area contributed by atoms with Crippen LogP contribution >= 0.6 is 0 Å². The fourth-order valence-electron chi connectivity index (χ4n) is 3.06. The molecule has 4 rings (SSSR count). The summed E-state index contributed by atoms with van der Waals surface area (Å²) in [6, 6.07) is 8.81. The summed E-state index contributed by atoms with van der Waals surface area (Å²) in [5.74, 6) is 0.845. The normalized spacial score (nSPS) is 17.4. The lowest BCUT2D eigenvalue weighted by molar-refractivity contribution is 0.641. The van der Waals surface area contributed by atoms with Crippen molar-refractivity contribution >= 4 is 22.7 Å². The molecule has 0 spiro atoms. The van der Waals surface area contributed by atoms with Crippen LogP contribution in [-0.4, -0.2) is 31.0 Å². The standard InChI is InChI=1S/C15H16N6/c1-3-20-14-13(18-19-20)15(17-9-16-14)21-10(2)8-11-6-4-5-7-12(11)21/h4-7,9-10H,3,8H2,1-2H3. The molecule has 0 N–H and O–H groups in total. The van der Waals surface area contributed by atoms with E-state index in [2.05, 4.69) is 56.4 Å². The molecule has 0 fully saturated rings. The topological polar surface area (TPSA) is 59.7 Å². The number of aryl methyl sites for hydroxylation is 1. The molecule has 1 aliphatic rings. The summed E-state index contributed by atoms with van der Waals surface area (Å²) >= 11 is 0. The second kappa shape index (κ2) is 4.51. The van der Waals surface area contributed by atoms with Gasteiger partial charge in [0.1, 0.15) is 6.33 Å². The summed E-state index contributed by atoms with van der Waals surface area (Å²) in [5.41, 5.74) is 4.11. The van der Waals surface area contributed by atoms with Crippen LogP contribution in [0.15, 0.2) is 30.6 Å². The van der Waals surface area contributed by atoms with E-state index in [1.54, 1.807) is 11.0 Å². The quantitative estimate of drug-likeness (QED) is 0.721. The summed E-state index contributed by atoms with van der Waals surface area (Å²) in [6.07, 6.45) is 2.62. The van der Waals surface area contributed by atoms with Gasteiger partial charge < -0.3 is 4.90 Å². The van der Waals surface area contributed by atoms with Gasteiger partial charge in [-0.25, -0.2) is 14.6 Å². The average molecular weight is 280 g/mol. The molecule has 6 nitrogen and oxygen atoms in total. The Kier molecular flexibility index (Phi) is 2.63. The Labute approximate surface area is 122 Å². The number of nitrogens with zero attached hydrogens (tertiary/aromatic N) is 6. The zero-order valence-corrected chi connectivity index (χ0v) is 12.1. The smallest absolute Gasteiger partial charge is 0.183 e. The van der Waals surface area contributed by atoms with Crippen molar-refractivity contribution in [3.8, 4) is 0 Å². The van der Waals surface area contributed by atoms with Gasteiger partial charge in [0.15, 0.2) is 17.0 Å². The molecule has 1 aromatic carbocycles. The fraction of sp³-hybridized carbons (Fsp3) is 0.333. The van der Waals surface area contributed by atoms with Gasteiger partial charge in [0.2, 0.25) is 0 Å². The van der Waals surface area contributed by atoms with Crippen LogP contribution in [0, 0.1) is 0 Å². The van der Waals surface area contributed by atoms with Gasteiger partial charge >= 0.3 is 0 Å². The summed E-state index contributed by atoms with van der Waals surface area (Å²) in [7, 11) is 0. The van der Waals surface area contributed by atoms with Gasteiger partial charge in [0.05, 0.1) is 0 Å². The summed E-state index contributed by atoms with van der Waals surface area (Å²) in [6.45, 7) is 4.99. The van der Waals surface area contributed by atoms with Crippen LogP contribution in [-0.2, 0) is 13.0 Å². The molecule has 0 amide bonds. The maximum atomic E-state index is 4.48. The molecule has 2 aromatic heterocycles. The molecule has 0 aliphatic carbocycles. The minimum Gasteiger partial charge on any atom is -0.321 e. The monoisotopic (exact) mass is 280 g/mol. The predicted molar refractivity (Wildman–Crippen MR) is 80.5 cm³/mol. The number of hydrogen-bond donors (Lipinski definition) is 0. The minimum atomic E-state index is 0.354. The molecule has 3 heterocycles. The largest absolute Gasteiger partial charge is 0.321 e. The van der Waals surface area contributed by atoms with E-state index in [9.17, 15) is 0 Å². The Morgan fingerprint density at radius 2 is 2.10 bits per heavy atom. The number of anilines is 2. The molecule has 21 heavy (non-hydrogen) atoms. The SMILES string of the molecule is CCn1nnc2c(N3c4ccccc4CC3C)ncnc21. The zero-order chi connectivity index (χ0) is 14.4. The molecular formula is C15H16N6. The van der Waals surface area contributed by atoms with Crippen LogP contribution in [0.4, 0.5) is 11.5 Å². The number of rotatable bonds is 2. The number of benzene rings is 1. The van der Waals surface area contributed by atoms with Crippen molar-refractivity contribution in [1.29, 1.82) is 0 Å². The molecule has 1 atom stereocenters. The Morgan fingerprint density at radius 1 is 1.24 bits per heavy atom. The van der Waals surface area contributed by atoms with Crippen molar-refractivity contribution in [3.63, 3.8) is 0 Å². The number of aromatic nitrogens is 5. The summed E-state index contributed by atoms with van der Waals surface area (Å²) < 4.78 is 1.80. The van der Waals surface area contributed by atoms with Crippen LogP contribution in [0.25, 0.3) is 11.2 Å². The molecule has 106 valence electrons. The Bertz CT molecular complexity index is 809. The van der Waals surface area contributed by atoms with E-state index >= 15 is 0 Å². The van der Waals surface area contributed by atoms with E-state index in [0.29, 0.717) is 6.04 Å². The lowest BCUT2D eigenvalue weighted by Gasteiger charge is -2.23. The molecule has 1 unspecified atom stereocenters. The molecule has 0 saturated carbocycles. The van der Waals surface area contributed by atoms with Crippen LogP contribution in [0.2, 0.25) is 0 Å². The Balaban J connectivity index is 1.93. The molecular weight excluding hydrogens is 264 g/mol. The van der Waals surface area contributed by atoms with E-state index < -0.39 is 0 Å². The highest BCUT2D eigenvalue weighted by atomic mass is 15.4. The first-order chi connectivity index (χ1) is 10.3. The van der Waals surface area contributed by atoms with Crippen LogP contribution in [0.3, 0.4) is 0 Å². The zero-order valence-electron chi connectivity index (χ0n) is 12.1. The molecule has 0 bridgehead atoms. The third-order valence-corrected chi connectivity index (χ3v) is 4.02. The van der Waals surface area contributed by atoms with E-state index in [0.717, 1.165) is 29.9 Å². The predicted octanol–water partition coefficient (Wildman–Crippen LogP) is 2.32. The highest BCUT2D eigenvalue weighted by molar-refractivity contribution is 5.87. The molecule has 6 heteroatoms. The lowest BCUT2D eigenvalue weighted by Crippen LogP contribution is -2.25. The van der Waals surface area contributed by atoms with Crippen molar-refractivity contribution in [2.75, 3.05) is 4.90 Å².